The third-order valence-corrected chi connectivity index (χ3v) is 1.16. The molecule has 0 aromatic rings. The van der Waals surface area contributed by atoms with Crippen LogP contribution in [0.3, 0.4) is 0 Å². The standard InChI is InChI=1S/C5H7NO4/c1-9-4(7)3-2-10-5(8)6-3/h3H,2H2,1H3,(H,6,8)/t3-/m1/s1. The summed E-state index contributed by atoms with van der Waals surface area (Å²) in [5.41, 5.74) is 0. The van der Waals surface area contributed by atoms with E-state index in [1.54, 1.807) is 0 Å². The minimum atomic E-state index is -0.627. The first-order chi connectivity index (χ1) is 4.74. The summed E-state index contributed by atoms with van der Waals surface area (Å²) < 4.78 is 8.79. The van der Waals surface area contributed by atoms with Gasteiger partial charge in [-0.25, -0.2) is 9.59 Å². The Hall–Kier alpha value is -1.26. The fourth-order valence-corrected chi connectivity index (χ4v) is 0.654. The van der Waals surface area contributed by atoms with Gasteiger partial charge in [-0.3, -0.25) is 0 Å². The highest BCUT2D eigenvalue weighted by Gasteiger charge is 2.29. The summed E-state index contributed by atoms with van der Waals surface area (Å²) in [7, 11) is 1.26. The summed E-state index contributed by atoms with van der Waals surface area (Å²) >= 11 is 0. The van der Waals surface area contributed by atoms with Gasteiger partial charge in [-0.1, -0.05) is 0 Å². The third kappa shape index (κ3) is 1.18. The molecule has 1 heterocycles. The fourth-order valence-electron chi connectivity index (χ4n) is 0.654. The third-order valence-electron chi connectivity index (χ3n) is 1.16. The van der Waals surface area contributed by atoms with Crippen LogP contribution in [0.5, 0.6) is 0 Å². The Labute approximate surface area is 57.3 Å². The fraction of sp³-hybridized carbons (Fsp3) is 0.600. The smallest absolute Gasteiger partial charge is 0.408 e. The molecule has 0 radical (unpaired) electrons. The second-order valence-electron chi connectivity index (χ2n) is 1.82. The Morgan fingerprint density at radius 3 is 3.00 bits per heavy atom. The first-order valence-corrected chi connectivity index (χ1v) is 2.75. The van der Waals surface area contributed by atoms with E-state index < -0.39 is 18.1 Å². The van der Waals surface area contributed by atoms with E-state index in [1.807, 2.05) is 0 Å². The molecule has 0 aliphatic carbocycles. The number of carbonyl (C=O) groups excluding carboxylic acids is 2. The lowest BCUT2D eigenvalue weighted by atomic mass is 10.3. The Morgan fingerprint density at radius 2 is 2.60 bits per heavy atom. The van der Waals surface area contributed by atoms with E-state index in [2.05, 4.69) is 14.8 Å². The number of hydrogen-bond acceptors (Lipinski definition) is 4. The minimum Gasteiger partial charge on any atom is -0.467 e. The first-order valence-electron chi connectivity index (χ1n) is 2.75. The van der Waals surface area contributed by atoms with Crippen molar-refractivity contribution in [3.8, 4) is 0 Å². The maximum Gasteiger partial charge on any atom is 0.408 e. The number of nitrogens with one attached hydrogen (secondary N) is 1. The lowest BCUT2D eigenvalue weighted by molar-refractivity contribution is -0.142. The van der Waals surface area contributed by atoms with Crippen molar-refractivity contribution in [1.82, 2.24) is 5.32 Å². The normalized spacial score (nSPS) is 23.3. The molecule has 5 heteroatoms. The van der Waals surface area contributed by atoms with Crippen LogP contribution < -0.4 is 5.32 Å². The Bertz CT molecular complexity index is 167. The second kappa shape index (κ2) is 2.55. The molecule has 1 fully saturated rings. The minimum absolute atomic E-state index is 0.0610. The average molecular weight is 145 g/mol. The molecule has 1 atom stereocenters. The van der Waals surface area contributed by atoms with Crippen molar-refractivity contribution in [1.29, 1.82) is 0 Å². The SMILES string of the molecule is COC(=O)[C@H]1COC(=O)N1. The largest absolute Gasteiger partial charge is 0.467 e. The summed E-state index contributed by atoms with van der Waals surface area (Å²) in [6.07, 6.45) is -0.574. The first kappa shape index (κ1) is 6.85. The quantitative estimate of drug-likeness (QED) is 0.494. The molecular formula is C5H7NO4. The van der Waals surface area contributed by atoms with Crippen LogP contribution in [0.1, 0.15) is 0 Å². The molecule has 5 nitrogen and oxygen atoms in total. The van der Waals surface area contributed by atoms with Crippen LogP contribution in [0.2, 0.25) is 0 Å². The molecule has 0 spiro atoms. The van der Waals surface area contributed by atoms with Gasteiger partial charge in [0.1, 0.15) is 6.61 Å². The van der Waals surface area contributed by atoms with Gasteiger partial charge in [-0.15, -0.1) is 0 Å². The van der Waals surface area contributed by atoms with Crippen LogP contribution in [0.15, 0.2) is 0 Å². The zero-order valence-electron chi connectivity index (χ0n) is 5.42. The molecule has 10 heavy (non-hydrogen) atoms. The maximum atomic E-state index is 10.6. The molecule has 0 aromatic carbocycles. The molecule has 1 amide bonds. The lowest BCUT2D eigenvalue weighted by Crippen LogP contribution is -2.35. The van der Waals surface area contributed by atoms with Gasteiger partial charge >= 0.3 is 12.1 Å². The van der Waals surface area contributed by atoms with Gasteiger partial charge in [-0.2, -0.15) is 0 Å². The summed E-state index contributed by atoms with van der Waals surface area (Å²) in [6, 6.07) is -0.627. The van der Waals surface area contributed by atoms with Gasteiger partial charge in [0.2, 0.25) is 0 Å². The van der Waals surface area contributed by atoms with Gasteiger partial charge < -0.3 is 14.8 Å². The highest BCUT2D eigenvalue weighted by atomic mass is 16.6. The van der Waals surface area contributed by atoms with E-state index in [0.717, 1.165) is 0 Å². The highest BCUT2D eigenvalue weighted by molar-refractivity contribution is 5.83. The average Bonchev–Trinajstić information content (AvgIpc) is 2.34. The van der Waals surface area contributed by atoms with Gasteiger partial charge in [0.15, 0.2) is 6.04 Å². The van der Waals surface area contributed by atoms with Gasteiger partial charge in [0.25, 0.3) is 0 Å². The summed E-state index contributed by atoms with van der Waals surface area (Å²) in [6.45, 7) is 0.0610. The van der Waals surface area contributed by atoms with E-state index >= 15 is 0 Å². The Morgan fingerprint density at radius 1 is 1.90 bits per heavy atom. The predicted molar refractivity (Wildman–Crippen MR) is 30.3 cm³/mol. The van der Waals surface area contributed by atoms with Crippen LogP contribution in [0, 0.1) is 0 Å². The van der Waals surface area contributed by atoms with E-state index in [1.165, 1.54) is 7.11 Å². The van der Waals surface area contributed by atoms with E-state index in [9.17, 15) is 9.59 Å². The molecule has 0 aromatic heterocycles. The Balaban J connectivity index is 2.44. The summed E-state index contributed by atoms with van der Waals surface area (Å²) in [4.78, 5) is 21.0. The molecule has 1 aliphatic heterocycles. The molecule has 1 N–H and O–H groups in total. The van der Waals surface area contributed by atoms with Crippen LogP contribution in [0.25, 0.3) is 0 Å². The number of rotatable bonds is 1. The van der Waals surface area contributed by atoms with Crippen molar-refractivity contribution >= 4 is 12.1 Å². The molecule has 1 aliphatic rings. The topological polar surface area (TPSA) is 64.6 Å². The van der Waals surface area contributed by atoms with Crippen LogP contribution in [-0.2, 0) is 14.3 Å². The number of esters is 1. The molecule has 1 saturated heterocycles. The number of ether oxygens (including phenoxy) is 2. The Kier molecular flexibility index (Phi) is 1.75. The molecule has 56 valence electrons. The maximum absolute atomic E-state index is 10.6. The summed E-state index contributed by atoms with van der Waals surface area (Å²) in [5, 5.41) is 2.27. The zero-order chi connectivity index (χ0) is 7.56. The molecule has 0 unspecified atom stereocenters. The molecule has 0 saturated carbocycles. The number of amides is 1. The molecule has 0 bridgehead atoms. The second-order valence-corrected chi connectivity index (χ2v) is 1.82. The monoisotopic (exact) mass is 145 g/mol. The number of methoxy groups -OCH3 is 1. The van der Waals surface area contributed by atoms with Gasteiger partial charge in [0.05, 0.1) is 7.11 Å². The molecule has 1 rings (SSSR count). The van der Waals surface area contributed by atoms with Crippen LogP contribution in [0.4, 0.5) is 4.79 Å². The van der Waals surface area contributed by atoms with Crippen molar-refractivity contribution in [3.63, 3.8) is 0 Å². The highest BCUT2D eigenvalue weighted by Crippen LogP contribution is 1.98. The molecular weight excluding hydrogens is 138 g/mol. The van der Waals surface area contributed by atoms with Crippen molar-refractivity contribution in [3.05, 3.63) is 0 Å². The van der Waals surface area contributed by atoms with E-state index in [-0.39, 0.29) is 6.61 Å². The van der Waals surface area contributed by atoms with Gasteiger partial charge in [-0.05, 0) is 0 Å². The number of alkyl carbamates (subject to hydrolysis) is 1. The van der Waals surface area contributed by atoms with Crippen molar-refractivity contribution < 1.29 is 19.1 Å². The summed E-state index contributed by atoms with van der Waals surface area (Å²) in [5.74, 6) is -0.481. The predicted octanol–water partition coefficient (Wildman–Crippen LogP) is -0.732. The van der Waals surface area contributed by atoms with Crippen LogP contribution in [-0.4, -0.2) is 31.8 Å². The van der Waals surface area contributed by atoms with Crippen molar-refractivity contribution in [2.24, 2.45) is 0 Å². The van der Waals surface area contributed by atoms with Gasteiger partial charge in [0, 0.05) is 0 Å². The van der Waals surface area contributed by atoms with Crippen LogP contribution >= 0.6 is 0 Å². The van der Waals surface area contributed by atoms with Crippen molar-refractivity contribution in [2.45, 2.75) is 6.04 Å². The number of cyclic esters (lactones) is 1. The van der Waals surface area contributed by atoms with Crippen molar-refractivity contribution in [2.75, 3.05) is 13.7 Å². The zero-order valence-corrected chi connectivity index (χ0v) is 5.42. The van der Waals surface area contributed by atoms with E-state index in [4.69, 9.17) is 0 Å². The number of hydrogen-bond donors (Lipinski definition) is 1. The number of carbonyl (C=O) groups is 2. The van der Waals surface area contributed by atoms with E-state index in [0.29, 0.717) is 0 Å². The lowest BCUT2D eigenvalue weighted by Gasteiger charge is -2.01.